The third-order valence-electron chi connectivity index (χ3n) is 2.54. The molecule has 0 bridgehead atoms. The van der Waals surface area contributed by atoms with Crippen molar-refractivity contribution in [1.82, 2.24) is 5.32 Å². The number of hydrogen-bond acceptors (Lipinski definition) is 2. The number of halogens is 2. The molecule has 1 heterocycles. The molecule has 0 spiro atoms. The van der Waals surface area contributed by atoms with Crippen molar-refractivity contribution in [3.05, 3.63) is 43.8 Å². The van der Waals surface area contributed by atoms with Crippen LogP contribution in [0, 0.1) is 3.57 Å². The van der Waals surface area contributed by atoms with Gasteiger partial charge in [-0.1, -0.05) is 31.5 Å². The third-order valence-corrected chi connectivity index (χ3v) is 4.79. The summed E-state index contributed by atoms with van der Waals surface area (Å²) in [4.78, 5) is 2.67. The summed E-state index contributed by atoms with van der Waals surface area (Å²) >= 11 is 10.2. The molecular weight excluding hydrogens is 377 g/mol. The molecule has 0 radical (unpaired) electrons. The standard InChI is InChI=1S/C14H15ClINS/c1-9(2)17-8-11-4-6-14(18-11)12-5-3-10(15)7-13(12)16/h3-7,9,17H,8H2,1-2H3. The molecule has 1 aromatic carbocycles. The van der Waals surface area contributed by atoms with E-state index in [2.05, 4.69) is 60.0 Å². The van der Waals surface area contributed by atoms with E-state index in [0.29, 0.717) is 6.04 Å². The zero-order valence-corrected chi connectivity index (χ0v) is 14.1. The highest BCUT2D eigenvalue weighted by Gasteiger charge is 2.07. The molecule has 0 unspecified atom stereocenters. The molecule has 0 saturated heterocycles. The lowest BCUT2D eigenvalue weighted by molar-refractivity contribution is 0.593. The van der Waals surface area contributed by atoms with Crippen LogP contribution in [0.25, 0.3) is 10.4 Å². The quantitative estimate of drug-likeness (QED) is 0.709. The van der Waals surface area contributed by atoms with E-state index in [0.717, 1.165) is 11.6 Å². The molecule has 96 valence electrons. The second-order valence-corrected chi connectivity index (χ2v) is 7.19. The van der Waals surface area contributed by atoms with Crippen LogP contribution in [0.1, 0.15) is 18.7 Å². The lowest BCUT2D eigenvalue weighted by Gasteiger charge is -2.05. The van der Waals surface area contributed by atoms with Crippen molar-refractivity contribution in [2.75, 3.05) is 0 Å². The van der Waals surface area contributed by atoms with Gasteiger partial charge in [0.25, 0.3) is 0 Å². The second-order valence-electron chi connectivity index (χ2n) is 4.43. The summed E-state index contributed by atoms with van der Waals surface area (Å²) in [5, 5.41) is 4.23. The second kappa shape index (κ2) is 6.37. The van der Waals surface area contributed by atoms with E-state index >= 15 is 0 Å². The summed E-state index contributed by atoms with van der Waals surface area (Å²) in [6.45, 7) is 5.26. The van der Waals surface area contributed by atoms with Crippen LogP contribution in [0.15, 0.2) is 30.3 Å². The lowest BCUT2D eigenvalue weighted by atomic mass is 10.2. The molecule has 18 heavy (non-hydrogen) atoms. The summed E-state index contributed by atoms with van der Waals surface area (Å²) < 4.78 is 1.20. The highest BCUT2D eigenvalue weighted by atomic mass is 127. The summed E-state index contributed by atoms with van der Waals surface area (Å²) in [6.07, 6.45) is 0. The molecule has 0 amide bonds. The van der Waals surface area contributed by atoms with E-state index in [-0.39, 0.29) is 0 Å². The van der Waals surface area contributed by atoms with Crippen molar-refractivity contribution in [2.24, 2.45) is 0 Å². The minimum absolute atomic E-state index is 0.520. The summed E-state index contributed by atoms with van der Waals surface area (Å²) in [5.74, 6) is 0. The molecule has 0 aliphatic heterocycles. The van der Waals surface area contributed by atoms with Crippen LogP contribution in [0.5, 0.6) is 0 Å². The average Bonchev–Trinajstić information content (AvgIpc) is 2.75. The molecular formula is C14H15ClINS. The fraction of sp³-hybridized carbons (Fsp3) is 0.286. The zero-order chi connectivity index (χ0) is 13.1. The number of thiophene rings is 1. The SMILES string of the molecule is CC(C)NCc1ccc(-c2ccc(Cl)cc2I)s1. The van der Waals surface area contributed by atoms with Crippen LogP contribution in [-0.2, 0) is 6.54 Å². The first-order chi connectivity index (χ1) is 8.56. The molecule has 0 atom stereocenters. The smallest absolute Gasteiger partial charge is 0.0416 e. The van der Waals surface area contributed by atoms with Gasteiger partial charge in [-0.25, -0.2) is 0 Å². The number of rotatable bonds is 4. The number of benzene rings is 1. The summed E-state index contributed by atoms with van der Waals surface area (Å²) in [6, 6.07) is 10.9. The Labute approximate surface area is 131 Å². The predicted molar refractivity (Wildman–Crippen MR) is 89.5 cm³/mol. The van der Waals surface area contributed by atoms with Gasteiger partial charge < -0.3 is 5.32 Å². The molecule has 1 aromatic heterocycles. The first kappa shape index (κ1) is 14.3. The fourth-order valence-electron chi connectivity index (χ4n) is 1.61. The highest BCUT2D eigenvalue weighted by Crippen LogP contribution is 2.32. The van der Waals surface area contributed by atoms with E-state index in [1.807, 2.05) is 23.5 Å². The molecule has 2 rings (SSSR count). The minimum atomic E-state index is 0.520. The van der Waals surface area contributed by atoms with Gasteiger partial charge >= 0.3 is 0 Å². The summed E-state index contributed by atoms with van der Waals surface area (Å²) in [5.41, 5.74) is 1.26. The van der Waals surface area contributed by atoms with Gasteiger partial charge in [0.1, 0.15) is 0 Å². The van der Waals surface area contributed by atoms with Crippen molar-refractivity contribution in [3.63, 3.8) is 0 Å². The average molecular weight is 392 g/mol. The number of nitrogens with one attached hydrogen (secondary N) is 1. The first-order valence-corrected chi connectivity index (χ1v) is 8.11. The van der Waals surface area contributed by atoms with Gasteiger partial charge in [0.2, 0.25) is 0 Å². The Kier molecular flexibility index (Phi) is 5.06. The van der Waals surface area contributed by atoms with Gasteiger partial charge in [-0.3, -0.25) is 0 Å². The predicted octanol–water partition coefficient (Wildman–Crippen LogP) is 5.17. The van der Waals surface area contributed by atoms with Crippen molar-refractivity contribution in [1.29, 1.82) is 0 Å². The molecule has 0 aliphatic rings. The van der Waals surface area contributed by atoms with Gasteiger partial charge in [-0.05, 0) is 46.9 Å². The van der Waals surface area contributed by atoms with E-state index in [1.165, 1.54) is 18.9 Å². The molecule has 1 nitrogen and oxygen atoms in total. The molecule has 0 fully saturated rings. The van der Waals surface area contributed by atoms with Crippen LogP contribution in [0.4, 0.5) is 0 Å². The normalized spacial score (nSPS) is 11.2. The van der Waals surface area contributed by atoms with Gasteiger partial charge in [0.15, 0.2) is 0 Å². The maximum absolute atomic E-state index is 5.98. The van der Waals surface area contributed by atoms with Crippen molar-refractivity contribution in [3.8, 4) is 10.4 Å². The van der Waals surface area contributed by atoms with Gasteiger partial charge in [-0.15, -0.1) is 11.3 Å². The highest BCUT2D eigenvalue weighted by molar-refractivity contribution is 14.1. The van der Waals surface area contributed by atoms with E-state index < -0.39 is 0 Å². The number of hydrogen-bond donors (Lipinski definition) is 1. The van der Waals surface area contributed by atoms with Crippen LogP contribution < -0.4 is 5.32 Å². The topological polar surface area (TPSA) is 12.0 Å². The third kappa shape index (κ3) is 3.70. The monoisotopic (exact) mass is 391 g/mol. The molecule has 1 N–H and O–H groups in total. The Bertz CT molecular complexity index is 536. The molecule has 0 saturated carbocycles. The van der Waals surface area contributed by atoms with E-state index in [4.69, 9.17) is 11.6 Å². The summed E-state index contributed by atoms with van der Waals surface area (Å²) in [7, 11) is 0. The van der Waals surface area contributed by atoms with Gasteiger partial charge in [-0.2, -0.15) is 0 Å². The Morgan fingerprint density at radius 1 is 1.28 bits per heavy atom. The van der Waals surface area contributed by atoms with Crippen molar-refractivity contribution in [2.45, 2.75) is 26.4 Å². The van der Waals surface area contributed by atoms with Crippen LogP contribution in [0.3, 0.4) is 0 Å². The minimum Gasteiger partial charge on any atom is -0.310 e. The molecule has 2 aromatic rings. The van der Waals surface area contributed by atoms with Crippen LogP contribution in [0.2, 0.25) is 5.02 Å². The van der Waals surface area contributed by atoms with Gasteiger partial charge in [0.05, 0.1) is 0 Å². The fourth-order valence-corrected chi connectivity index (χ4v) is 3.95. The van der Waals surface area contributed by atoms with Crippen LogP contribution in [-0.4, -0.2) is 6.04 Å². The molecule has 0 aliphatic carbocycles. The zero-order valence-electron chi connectivity index (χ0n) is 10.3. The first-order valence-electron chi connectivity index (χ1n) is 5.84. The maximum Gasteiger partial charge on any atom is 0.0416 e. The largest absolute Gasteiger partial charge is 0.310 e. The Hall–Kier alpha value is -0.100. The van der Waals surface area contributed by atoms with E-state index in [9.17, 15) is 0 Å². The Morgan fingerprint density at radius 2 is 2.06 bits per heavy atom. The van der Waals surface area contributed by atoms with Crippen molar-refractivity contribution >= 4 is 45.5 Å². The molecule has 4 heteroatoms. The Morgan fingerprint density at radius 3 is 2.72 bits per heavy atom. The van der Waals surface area contributed by atoms with Gasteiger partial charge in [0, 0.05) is 36.5 Å². The lowest BCUT2D eigenvalue weighted by Crippen LogP contribution is -2.21. The Balaban J connectivity index is 2.18. The van der Waals surface area contributed by atoms with Crippen LogP contribution >= 0.6 is 45.5 Å². The van der Waals surface area contributed by atoms with E-state index in [1.54, 1.807) is 0 Å². The maximum atomic E-state index is 5.98. The van der Waals surface area contributed by atoms with Crippen molar-refractivity contribution < 1.29 is 0 Å².